The van der Waals surface area contributed by atoms with E-state index in [4.69, 9.17) is 13.9 Å². The molecule has 1 unspecified atom stereocenters. The van der Waals surface area contributed by atoms with Gasteiger partial charge in [0.05, 0.1) is 24.0 Å². The average Bonchev–Trinajstić information content (AvgIpc) is 3.20. The maximum Gasteiger partial charge on any atom is 0.250 e. The van der Waals surface area contributed by atoms with Gasteiger partial charge in [0.1, 0.15) is 24.3 Å². The zero-order chi connectivity index (χ0) is 28.0. The van der Waals surface area contributed by atoms with E-state index in [-0.39, 0.29) is 48.0 Å². The first-order valence-corrected chi connectivity index (χ1v) is 16.8. The molecule has 3 aliphatic rings. The van der Waals surface area contributed by atoms with Crippen LogP contribution in [0.2, 0.25) is 18.1 Å². The number of nitrogens with one attached hydrogen (secondary N) is 1. The van der Waals surface area contributed by atoms with Crippen molar-refractivity contribution in [2.45, 2.75) is 76.2 Å². The number of fused-ring (bicyclic) bond motifs is 2. The number of halogens is 1. The third-order valence-corrected chi connectivity index (χ3v) is 13.4. The van der Waals surface area contributed by atoms with Crippen molar-refractivity contribution in [1.82, 2.24) is 4.90 Å². The van der Waals surface area contributed by atoms with E-state index in [1.807, 2.05) is 36.4 Å². The van der Waals surface area contributed by atoms with E-state index in [1.165, 1.54) is 6.07 Å². The first kappa shape index (κ1) is 28.2. The van der Waals surface area contributed by atoms with Crippen molar-refractivity contribution in [3.8, 4) is 5.75 Å². The smallest absolute Gasteiger partial charge is 0.250 e. The Kier molecular flexibility index (Phi) is 7.67. The highest BCUT2D eigenvalue weighted by molar-refractivity contribution is 6.74. The minimum absolute atomic E-state index is 0.0160. The van der Waals surface area contributed by atoms with E-state index < -0.39 is 19.7 Å². The van der Waals surface area contributed by atoms with Crippen molar-refractivity contribution in [2.24, 2.45) is 5.92 Å². The fourth-order valence-corrected chi connectivity index (χ4v) is 7.11. The number of benzene rings is 2. The predicted octanol–water partition coefficient (Wildman–Crippen LogP) is 5.26. The number of anilines is 1. The molecular weight excluding hydrogens is 515 g/mol. The molecule has 2 aromatic rings. The van der Waals surface area contributed by atoms with Crippen molar-refractivity contribution >= 4 is 19.9 Å². The second-order valence-electron chi connectivity index (χ2n) is 12.9. The van der Waals surface area contributed by atoms with Gasteiger partial charge in [0.25, 0.3) is 0 Å². The lowest BCUT2D eigenvalue weighted by molar-refractivity contribution is -0.120. The Morgan fingerprint density at radius 3 is 2.67 bits per heavy atom. The summed E-state index contributed by atoms with van der Waals surface area (Å²) in [5.41, 5.74) is 0.697. The maximum absolute atomic E-state index is 15.3. The maximum atomic E-state index is 15.3. The third-order valence-electron chi connectivity index (χ3n) is 8.90. The van der Waals surface area contributed by atoms with E-state index in [0.717, 1.165) is 24.3 Å². The Bertz CT molecular complexity index is 1200. The molecule has 0 radical (unpaired) electrons. The molecule has 1 saturated carbocycles. The minimum atomic E-state index is -2.23. The molecule has 7 nitrogen and oxygen atoms in total. The molecule has 2 aliphatic heterocycles. The van der Waals surface area contributed by atoms with Crippen LogP contribution in [0, 0.1) is 11.7 Å². The van der Waals surface area contributed by atoms with Gasteiger partial charge in [0.15, 0.2) is 8.32 Å². The van der Waals surface area contributed by atoms with E-state index >= 15 is 4.39 Å². The van der Waals surface area contributed by atoms with E-state index in [2.05, 4.69) is 44.1 Å². The molecule has 5 rings (SSSR count). The van der Waals surface area contributed by atoms with Crippen molar-refractivity contribution in [3.63, 3.8) is 0 Å². The number of amides is 1. The van der Waals surface area contributed by atoms with Crippen LogP contribution in [-0.4, -0.2) is 62.2 Å². The molecule has 1 amide bonds. The summed E-state index contributed by atoms with van der Waals surface area (Å²) in [4.78, 5) is 14.2. The summed E-state index contributed by atoms with van der Waals surface area (Å²) >= 11 is 0. The fourth-order valence-electron chi connectivity index (χ4n) is 5.84. The van der Waals surface area contributed by atoms with Gasteiger partial charge in [-0.3, -0.25) is 9.69 Å². The second-order valence-corrected chi connectivity index (χ2v) is 17.7. The summed E-state index contributed by atoms with van der Waals surface area (Å²) in [5, 5.41) is 14.2. The summed E-state index contributed by atoms with van der Waals surface area (Å²) in [5.74, 6) is 0.0900. The summed E-state index contributed by atoms with van der Waals surface area (Å²) in [6.45, 7) is 12.8. The van der Waals surface area contributed by atoms with Gasteiger partial charge >= 0.3 is 0 Å². The first-order valence-electron chi connectivity index (χ1n) is 13.9. The summed E-state index contributed by atoms with van der Waals surface area (Å²) in [6.07, 6.45) is 0.975. The van der Waals surface area contributed by atoms with E-state index in [1.54, 1.807) is 0 Å². The largest absolute Gasteiger partial charge is 0.490 e. The lowest BCUT2D eigenvalue weighted by Crippen LogP contribution is -2.44. The molecule has 2 heterocycles. The number of para-hydroxylation sites is 1. The number of β-amino-alcohol motifs (C(OH)–C–C–N with tert-alkyl or cyclic N) is 1. The molecular formula is C30H41FN2O5Si. The van der Waals surface area contributed by atoms with Gasteiger partial charge in [-0.05, 0) is 54.4 Å². The van der Waals surface area contributed by atoms with Gasteiger partial charge in [-0.15, -0.1) is 0 Å². The van der Waals surface area contributed by atoms with E-state index in [0.29, 0.717) is 25.1 Å². The molecule has 0 aromatic heterocycles. The number of ether oxygens (including phenoxy) is 2. The van der Waals surface area contributed by atoms with Crippen LogP contribution < -0.4 is 10.1 Å². The van der Waals surface area contributed by atoms with Crippen LogP contribution in [0.1, 0.15) is 50.8 Å². The summed E-state index contributed by atoms with van der Waals surface area (Å²) in [6, 6.07) is 13.1. The number of hydrogen-bond donors (Lipinski definition) is 2. The third kappa shape index (κ3) is 6.07. The van der Waals surface area contributed by atoms with Gasteiger partial charge < -0.3 is 24.3 Å². The van der Waals surface area contributed by atoms with Crippen LogP contribution >= 0.6 is 0 Å². The highest BCUT2D eigenvalue weighted by Crippen LogP contribution is 2.45. The van der Waals surface area contributed by atoms with Crippen molar-refractivity contribution < 1.29 is 28.2 Å². The molecule has 2 N–H and O–H groups in total. The number of aliphatic hydroxyl groups is 1. The molecule has 1 aliphatic carbocycles. The molecule has 2 fully saturated rings. The van der Waals surface area contributed by atoms with Gasteiger partial charge in [0, 0.05) is 37.5 Å². The number of nitrogens with zero attached hydrogens (tertiary/aromatic N) is 1. The predicted molar refractivity (Wildman–Crippen MR) is 151 cm³/mol. The zero-order valence-electron chi connectivity index (χ0n) is 23.6. The Balaban J connectivity index is 1.35. The zero-order valence-corrected chi connectivity index (χ0v) is 24.6. The minimum Gasteiger partial charge on any atom is -0.490 e. The Labute approximate surface area is 231 Å². The SMILES string of the molecule is CC(C)(C)[Si](C)(C)OC(CN1C[C@H]2C[C@H](Oc3ccccc3)C[C@@]2(O)C1)c1cc(F)c2c(c1)COCC(=O)N2. The monoisotopic (exact) mass is 556 g/mol. The molecule has 2 aromatic carbocycles. The van der Waals surface area contributed by atoms with Crippen LogP contribution in [-0.2, 0) is 20.6 Å². The number of carbonyl (C=O) groups excluding carboxylic acids is 1. The van der Waals surface area contributed by atoms with Crippen LogP contribution in [0.3, 0.4) is 0 Å². The Morgan fingerprint density at radius 2 is 1.97 bits per heavy atom. The molecule has 0 bridgehead atoms. The average molecular weight is 557 g/mol. The molecule has 39 heavy (non-hydrogen) atoms. The Hall–Kier alpha value is -2.30. The first-order chi connectivity index (χ1) is 18.3. The molecule has 0 spiro atoms. The number of carbonyl (C=O) groups is 1. The fraction of sp³-hybridized carbons (Fsp3) is 0.567. The Morgan fingerprint density at radius 1 is 1.23 bits per heavy atom. The normalized spacial score (nSPS) is 26.5. The van der Waals surface area contributed by atoms with Gasteiger partial charge in [0.2, 0.25) is 5.91 Å². The van der Waals surface area contributed by atoms with Crippen molar-refractivity contribution in [1.29, 1.82) is 0 Å². The number of hydrogen-bond acceptors (Lipinski definition) is 6. The molecule has 212 valence electrons. The number of rotatable bonds is 7. The van der Waals surface area contributed by atoms with Crippen LogP contribution in [0.5, 0.6) is 5.75 Å². The lowest BCUT2D eigenvalue weighted by Gasteiger charge is -2.40. The van der Waals surface area contributed by atoms with Crippen LogP contribution in [0.4, 0.5) is 10.1 Å². The number of likely N-dealkylation sites (tertiary alicyclic amines) is 1. The van der Waals surface area contributed by atoms with Crippen LogP contribution in [0.25, 0.3) is 0 Å². The quantitative estimate of drug-likeness (QED) is 0.453. The van der Waals surface area contributed by atoms with E-state index in [9.17, 15) is 9.90 Å². The van der Waals surface area contributed by atoms with Crippen molar-refractivity contribution in [3.05, 3.63) is 59.4 Å². The highest BCUT2D eigenvalue weighted by Gasteiger charge is 2.53. The summed E-state index contributed by atoms with van der Waals surface area (Å²) in [7, 11) is -2.23. The standard InChI is InChI=1S/C30H41FN2O5Si/c1-29(2,3)39(4,5)38-26(20-11-21-17-36-18-27(34)32-28(21)25(31)12-20)16-33-15-22-13-24(14-30(22,35)19-33)37-23-9-7-6-8-10-23/h6-12,22,24,26,35H,13-19H2,1-5H3,(H,32,34)/t22-,24+,26?,30-/m1/s1. The molecule has 1 saturated heterocycles. The van der Waals surface area contributed by atoms with Crippen molar-refractivity contribution in [2.75, 3.05) is 31.6 Å². The molecule has 4 atom stereocenters. The van der Waals surface area contributed by atoms with Crippen LogP contribution in [0.15, 0.2) is 42.5 Å². The topological polar surface area (TPSA) is 80.3 Å². The highest BCUT2D eigenvalue weighted by atomic mass is 28.4. The lowest BCUT2D eigenvalue weighted by atomic mass is 9.95. The van der Waals surface area contributed by atoms with Gasteiger partial charge in [-0.1, -0.05) is 39.0 Å². The van der Waals surface area contributed by atoms with Gasteiger partial charge in [-0.25, -0.2) is 4.39 Å². The summed E-state index contributed by atoms with van der Waals surface area (Å²) < 4.78 is 33.8. The molecule has 9 heteroatoms. The second kappa shape index (κ2) is 10.6. The van der Waals surface area contributed by atoms with Gasteiger partial charge in [-0.2, -0.15) is 0 Å².